The maximum Gasteiger partial charge on any atom is 0.274 e. The number of likely N-dealkylation sites (tertiary alicyclic amines) is 1. The van der Waals surface area contributed by atoms with Crippen molar-refractivity contribution in [2.24, 2.45) is 0 Å². The molecule has 6 heterocycles. The molecule has 0 aromatic carbocycles. The van der Waals surface area contributed by atoms with Gasteiger partial charge < -0.3 is 33.3 Å². The fourth-order valence-electron chi connectivity index (χ4n) is 3.99. The summed E-state index contributed by atoms with van der Waals surface area (Å²) in [4.78, 5) is 33.8. The number of allylic oxidation sites excluding steroid dienone is 1. The Labute approximate surface area is 183 Å². The third-order valence-electron chi connectivity index (χ3n) is 5.71. The summed E-state index contributed by atoms with van der Waals surface area (Å²) < 4.78 is 15.6. The Morgan fingerprint density at radius 1 is 0.875 bits per heavy atom. The maximum absolute atomic E-state index is 12.1. The van der Waals surface area contributed by atoms with Crippen molar-refractivity contribution in [3.05, 3.63) is 60.5 Å². The molecule has 32 heavy (non-hydrogen) atoms. The molecule has 166 valence electrons. The maximum atomic E-state index is 12.1. The first kappa shape index (κ1) is 20.2. The lowest BCUT2D eigenvalue weighted by atomic mass is 10.3. The van der Waals surface area contributed by atoms with Crippen LogP contribution in [0.3, 0.4) is 0 Å². The Morgan fingerprint density at radius 3 is 2.00 bits per heavy atom. The number of carbonyl (C=O) groups is 2. The third-order valence-corrected chi connectivity index (χ3v) is 5.71. The molecule has 0 radical (unpaired) electrons. The van der Waals surface area contributed by atoms with Crippen molar-refractivity contribution in [2.75, 3.05) is 32.8 Å². The molecular formula is C23H24N4O5. The van der Waals surface area contributed by atoms with Crippen molar-refractivity contribution in [1.82, 2.24) is 19.8 Å². The molecule has 4 aromatic heterocycles. The number of amides is 2. The molecule has 0 saturated carbocycles. The zero-order chi connectivity index (χ0) is 22.1. The summed E-state index contributed by atoms with van der Waals surface area (Å²) in [5.74, 6) is -0.0106. The summed E-state index contributed by atoms with van der Waals surface area (Å²) in [6, 6.07) is 7.10. The number of fused-ring (bicyclic) bond motifs is 2. The molecule has 0 atom stereocenters. The molecule has 0 bridgehead atoms. The van der Waals surface area contributed by atoms with Crippen molar-refractivity contribution < 1.29 is 23.2 Å². The first-order valence-electron chi connectivity index (χ1n) is 10.6. The lowest BCUT2D eigenvalue weighted by Crippen LogP contribution is -2.40. The Morgan fingerprint density at radius 2 is 1.47 bits per heavy atom. The zero-order valence-electron chi connectivity index (χ0n) is 17.6. The van der Waals surface area contributed by atoms with Crippen LogP contribution in [0.2, 0.25) is 0 Å². The zero-order valence-corrected chi connectivity index (χ0v) is 17.6. The minimum atomic E-state index is -0.0195. The number of rotatable bonds is 2. The van der Waals surface area contributed by atoms with Gasteiger partial charge in [-0.15, -0.1) is 0 Å². The molecule has 6 rings (SSSR count). The van der Waals surface area contributed by atoms with Crippen LogP contribution in [0.1, 0.15) is 33.8 Å². The highest BCUT2D eigenvalue weighted by molar-refractivity contribution is 5.98. The molecule has 9 nitrogen and oxygen atoms in total. The molecule has 9 heteroatoms. The molecule has 2 fully saturated rings. The average Bonchev–Trinajstić information content (AvgIpc) is 3.59. The van der Waals surface area contributed by atoms with E-state index >= 15 is 0 Å². The summed E-state index contributed by atoms with van der Waals surface area (Å²) in [6.07, 6.45) is 5.11. The van der Waals surface area contributed by atoms with E-state index in [1.807, 2.05) is 12.1 Å². The van der Waals surface area contributed by atoms with Gasteiger partial charge in [0, 0.05) is 49.6 Å². The topological polar surface area (TPSA) is 108 Å². The van der Waals surface area contributed by atoms with Gasteiger partial charge in [0.15, 0.2) is 11.2 Å². The Bertz CT molecular complexity index is 1210. The first-order chi connectivity index (χ1) is 15.6. The van der Waals surface area contributed by atoms with Gasteiger partial charge in [0.05, 0.1) is 36.8 Å². The minimum Gasteiger partial charge on any atom is -0.463 e. The van der Waals surface area contributed by atoms with Crippen LogP contribution in [-0.2, 0) is 4.74 Å². The second-order valence-corrected chi connectivity index (χ2v) is 7.79. The molecule has 0 spiro atoms. The van der Waals surface area contributed by atoms with E-state index in [2.05, 4.69) is 16.5 Å². The fraction of sp³-hybridized carbons (Fsp3) is 0.304. The number of hydrogen-bond acceptors (Lipinski definition) is 5. The summed E-state index contributed by atoms with van der Waals surface area (Å²) in [5.41, 5.74) is 5.19. The standard InChI is InChI=1S/C12H12N2O2.C11H12N2O3/c1-8-3-2-5-14(8)12(15)10-7-11-9(13-10)4-6-16-11;14-11(13-2-5-15-6-3-13)9-7-10-8(12-9)1-4-16-10/h4,6-7,13H,1-3,5H2;1,4,7,12H,2-3,5-6H2. The highest BCUT2D eigenvalue weighted by Crippen LogP contribution is 2.23. The van der Waals surface area contributed by atoms with Gasteiger partial charge in [-0.05, 0) is 12.8 Å². The molecular weight excluding hydrogens is 412 g/mol. The number of carbonyl (C=O) groups excluding carboxylic acids is 2. The van der Waals surface area contributed by atoms with E-state index in [1.165, 1.54) is 0 Å². The lowest BCUT2D eigenvalue weighted by Gasteiger charge is -2.26. The molecule has 0 unspecified atom stereocenters. The number of aromatic nitrogens is 2. The number of nitrogens with zero attached hydrogens (tertiary/aromatic N) is 2. The van der Waals surface area contributed by atoms with Crippen LogP contribution < -0.4 is 0 Å². The fourth-order valence-corrected chi connectivity index (χ4v) is 3.99. The number of hydrogen-bond donors (Lipinski definition) is 2. The number of ether oxygens (including phenoxy) is 1. The predicted octanol–water partition coefficient (Wildman–Crippen LogP) is 3.74. The van der Waals surface area contributed by atoms with Crippen molar-refractivity contribution in [3.63, 3.8) is 0 Å². The quantitative estimate of drug-likeness (QED) is 0.498. The van der Waals surface area contributed by atoms with Crippen molar-refractivity contribution in [3.8, 4) is 0 Å². The van der Waals surface area contributed by atoms with Gasteiger partial charge in [-0.1, -0.05) is 6.58 Å². The van der Waals surface area contributed by atoms with Crippen LogP contribution in [0.15, 0.2) is 57.9 Å². The largest absolute Gasteiger partial charge is 0.463 e. The second-order valence-electron chi connectivity index (χ2n) is 7.79. The van der Waals surface area contributed by atoms with Gasteiger partial charge >= 0.3 is 0 Å². The number of nitrogens with one attached hydrogen (secondary N) is 2. The molecule has 4 aromatic rings. The van der Waals surface area contributed by atoms with E-state index in [9.17, 15) is 9.59 Å². The molecule has 2 amide bonds. The van der Waals surface area contributed by atoms with Crippen LogP contribution in [0.4, 0.5) is 0 Å². The Hall–Kier alpha value is -3.72. The third kappa shape index (κ3) is 3.82. The van der Waals surface area contributed by atoms with Gasteiger partial charge in [-0.2, -0.15) is 0 Å². The molecule has 2 aliphatic heterocycles. The summed E-state index contributed by atoms with van der Waals surface area (Å²) in [5, 5.41) is 0. The van der Waals surface area contributed by atoms with Crippen LogP contribution in [-0.4, -0.2) is 64.4 Å². The van der Waals surface area contributed by atoms with Crippen LogP contribution >= 0.6 is 0 Å². The Kier molecular flexibility index (Phi) is 5.32. The van der Waals surface area contributed by atoms with E-state index in [4.69, 9.17) is 13.6 Å². The van der Waals surface area contributed by atoms with Crippen LogP contribution in [0, 0.1) is 0 Å². The number of aromatic amines is 2. The van der Waals surface area contributed by atoms with Gasteiger partial charge in [0.25, 0.3) is 11.8 Å². The van der Waals surface area contributed by atoms with Gasteiger partial charge in [0.2, 0.25) is 0 Å². The Balaban J connectivity index is 0.000000135. The number of H-pyrrole nitrogens is 2. The molecule has 2 aliphatic rings. The minimum absolute atomic E-state index is 0.00898. The lowest BCUT2D eigenvalue weighted by molar-refractivity contribution is 0.0299. The molecule has 0 aliphatic carbocycles. The van der Waals surface area contributed by atoms with E-state index in [0.29, 0.717) is 43.3 Å². The van der Waals surface area contributed by atoms with E-state index < -0.39 is 0 Å². The number of furan rings is 2. The normalized spacial score (nSPS) is 16.6. The van der Waals surface area contributed by atoms with Gasteiger partial charge in [-0.3, -0.25) is 9.59 Å². The smallest absolute Gasteiger partial charge is 0.274 e. The van der Waals surface area contributed by atoms with E-state index in [1.54, 1.807) is 34.5 Å². The molecule has 2 N–H and O–H groups in total. The van der Waals surface area contributed by atoms with E-state index in [-0.39, 0.29) is 11.8 Å². The van der Waals surface area contributed by atoms with Crippen LogP contribution in [0.25, 0.3) is 22.2 Å². The first-order valence-corrected chi connectivity index (χ1v) is 10.6. The summed E-state index contributed by atoms with van der Waals surface area (Å²) in [7, 11) is 0. The van der Waals surface area contributed by atoms with Crippen molar-refractivity contribution >= 4 is 34.0 Å². The predicted molar refractivity (Wildman–Crippen MR) is 117 cm³/mol. The monoisotopic (exact) mass is 436 g/mol. The average molecular weight is 436 g/mol. The van der Waals surface area contributed by atoms with Crippen molar-refractivity contribution in [2.45, 2.75) is 12.8 Å². The van der Waals surface area contributed by atoms with Gasteiger partial charge in [-0.25, -0.2) is 0 Å². The second kappa shape index (κ2) is 8.43. The van der Waals surface area contributed by atoms with Crippen molar-refractivity contribution in [1.29, 1.82) is 0 Å². The summed E-state index contributed by atoms with van der Waals surface area (Å²) in [6.45, 7) is 7.18. The highest BCUT2D eigenvalue weighted by atomic mass is 16.5. The summed E-state index contributed by atoms with van der Waals surface area (Å²) >= 11 is 0. The SMILES string of the molecule is C=C1CCCN1C(=O)c1cc2occc2[nH]1.O=C(c1cc2occc2[nH]1)N1CCOCC1. The number of morpholine rings is 1. The van der Waals surface area contributed by atoms with Gasteiger partial charge in [0.1, 0.15) is 11.4 Å². The van der Waals surface area contributed by atoms with Crippen LogP contribution in [0.5, 0.6) is 0 Å². The highest BCUT2D eigenvalue weighted by Gasteiger charge is 2.24. The molecule has 2 saturated heterocycles. The van der Waals surface area contributed by atoms with E-state index in [0.717, 1.165) is 41.7 Å².